The van der Waals surface area contributed by atoms with Gasteiger partial charge in [-0.25, -0.2) is 4.99 Å². The first-order chi connectivity index (χ1) is 20.9. The fourth-order valence-electron chi connectivity index (χ4n) is 5.57. The molecule has 5 aromatic rings. The third-order valence-corrected chi connectivity index (χ3v) is 10.5. The largest absolute Gasteiger partial charge is 0.487 e. The molecule has 0 saturated carbocycles. The molecular formula is C32H21Br2N3O4S2. The van der Waals surface area contributed by atoms with E-state index in [1.807, 2.05) is 34.9 Å². The molecule has 43 heavy (non-hydrogen) atoms. The van der Waals surface area contributed by atoms with Crippen LogP contribution in [0.1, 0.15) is 39.6 Å². The zero-order valence-corrected chi connectivity index (χ0v) is 27.1. The van der Waals surface area contributed by atoms with Gasteiger partial charge in [0.1, 0.15) is 12.4 Å². The summed E-state index contributed by atoms with van der Waals surface area (Å²) in [6.07, 6.45) is 3.62. The van der Waals surface area contributed by atoms with E-state index in [2.05, 4.69) is 61.5 Å². The molecule has 214 valence electrons. The molecule has 0 saturated heterocycles. The lowest BCUT2D eigenvalue weighted by molar-refractivity contribution is -0.384. The van der Waals surface area contributed by atoms with Crippen LogP contribution in [0.3, 0.4) is 0 Å². The van der Waals surface area contributed by atoms with Gasteiger partial charge in [0, 0.05) is 32.6 Å². The van der Waals surface area contributed by atoms with E-state index in [4.69, 9.17) is 9.73 Å². The zero-order valence-electron chi connectivity index (χ0n) is 22.3. The molecule has 1 aliphatic carbocycles. The molecule has 1 unspecified atom stereocenters. The van der Waals surface area contributed by atoms with E-state index >= 15 is 0 Å². The minimum absolute atomic E-state index is 0.0238. The standard InChI is InChI=1S/C32H21Br2N3O4S2/c33-21-14-20(30(25(34)16-21)41-17-18-7-10-22(11-8-18)37(39)40)15-27-31(38)36-29(26-6-3-13-42-26)24-12-9-19-4-1-2-5-23(19)28(24)35-32(36)43-27/h1-8,10-11,13-16,29H,9,12,17H2/b27-15-. The average molecular weight is 735 g/mol. The minimum Gasteiger partial charge on any atom is -0.487 e. The highest BCUT2D eigenvalue weighted by molar-refractivity contribution is 9.11. The summed E-state index contributed by atoms with van der Waals surface area (Å²) in [5.74, 6) is 0.565. The SMILES string of the molecule is O=c1/c(=C/c2cc(Br)cc(Br)c2OCc2ccc([N+](=O)[O-])cc2)sc2n1C(c1cccs1)C1=C(N=2)c2ccccc2CC1. The van der Waals surface area contributed by atoms with E-state index in [-0.39, 0.29) is 23.9 Å². The van der Waals surface area contributed by atoms with Crippen molar-refractivity contribution in [2.45, 2.75) is 25.5 Å². The number of benzene rings is 3. The van der Waals surface area contributed by atoms with Crippen LogP contribution in [0, 0.1) is 10.1 Å². The maximum atomic E-state index is 14.1. The fourth-order valence-corrected chi connectivity index (χ4v) is 8.78. The Labute approximate surface area is 270 Å². The Morgan fingerprint density at radius 2 is 1.88 bits per heavy atom. The maximum absolute atomic E-state index is 14.1. The number of allylic oxidation sites excluding steroid dienone is 1. The monoisotopic (exact) mass is 733 g/mol. The number of halogens is 2. The molecule has 7 rings (SSSR count). The maximum Gasteiger partial charge on any atom is 0.271 e. The predicted octanol–water partition coefficient (Wildman–Crippen LogP) is 7.39. The Morgan fingerprint density at radius 3 is 2.65 bits per heavy atom. The summed E-state index contributed by atoms with van der Waals surface area (Å²) in [7, 11) is 0. The molecule has 3 aromatic carbocycles. The minimum atomic E-state index is -0.428. The van der Waals surface area contributed by atoms with E-state index in [9.17, 15) is 14.9 Å². The number of non-ortho nitro benzene ring substituents is 1. The highest BCUT2D eigenvalue weighted by atomic mass is 79.9. The first kappa shape index (κ1) is 28.1. The summed E-state index contributed by atoms with van der Waals surface area (Å²) in [5, 5.41) is 13.1. The second kappa shape index (κ2) is 11.5. The Kier molecular flexibility index (Phi) is 7.50. The molecule has 0 radical (unpaired) electrons. The number of aromatic nitrogens is 1. The summed E-state index contributed by atoms with van der Waals surface area (Å²) in [6, 6.07) is 22.4. The highest BCUT2D eigenvalue weighted by Crippen LogP contribution is 2.42. The molecule has 11 heteroatoms. The number of hydrogen-bond donors (Lipinski definition) is 0. The Balaban J connectivity index is 1.33. The quantitative estimate of drug-likeness (QED) is 0.135. The number of thiophene rings is 1. The Hall–Kier alpha value is -3.64. The molecule has 0 bridgehead atoms. The number of aryl methyl sites for hydroxylation is 1. The van der Waals surface area contributed by atoms with Crippen LogP contribution in [-0.4, -0.2) is 9.49 Å². The van der Waals surface area contributed by atoms with E-state index in [1.165, 1.54) is 34.6 Å². The number of fused-ring (bicyclic) bond motifs is 3. The van der Waals surface area contributed by atoms with Crippen LogP contribution in [-0.2, 0) is 13.0 Å². The number of hydrogen-bond acceptors (Lipinski definition) is 7. The molecular weight excluding hydrogens is 714 g/mol. The molecule has 0 fully saturated rings. The third kappa shape index (κ3) is 5.24. The fraction of sp³-hybridized carbons (Fsp3) is 0.125. The molecule has 0 N–H and O–H groups in total. The zero-order chi connectivity index (χ0) is 29.7. The molecule has 0 amide bonds. The van der Waals surface area contributed by atoms with Crippen LogP contribution >= 0.6 is 54.5 Å². The van der Waals surface area contributed by atoms with E-state index < -0.39 is 4.92 Å². The van der Waals surface area contributed by atoms with Crippen molar-refractivity contribution in [1.82, 2.24) is 4.57 Å². The number of ether oxygens (including phenoxy) is 1. The van der Waals surface area contributed by atoms with Crippen LogP contribution in [0.2, 0.25) is 0 Å². The van der Waals surface area contributed by atoms with Gasteiger partial charge in [-0.3, -0.25) is 19.5 Å². The average Bonchev–Trinajstić information content (AvgIpc) is 3.64. The van der Waals surface area contributed by atoms with Gasteiger partial charge in [-0.05, 0) is 87.3 Å². The van der Waals surface area contributed by atoms with Crippen molar-refractivity contribution in [3.63, 3.8) is 0 Å². The summed E-state index contributed by atoms with van der Waals surface area (Å²) in [6.45, 7) is 0.199. The molecule has 2 aromatic heterocycles. The number of nitrogens with zero attached hydrogens (tertiary/aromatic N) is 3. The second-order valence-corrected chi connectivity index (χ2v) is 13.9. The lowest BCUT2D eigenvalue weighted by atomic mass is 9.85. The molecule has 3 heterocycles. The molecule has 2 aliphatic rings. The summed E-state index contributed by atoms with van der Waals surface area (Å²) >= 11 is 10.2. The normalized spacial score (nSPS) is 15.9. The number of nitro benzene ring substituents is 1. The van der Waals surface area contributed by atoms with Crippen molar-refractivity contribution in [3.05, 3.63) is 150 Å². The van der Waals surface area contributed by atoms with Gasteiger partial charge in [0.05, 0.1) is 25.7 Å². The molecule has 1 aliphatic heterocycles. The first-order valence-corrected chi connectivity index (χ1v) is 16.7. The number of thiazole rings is 1. The topological polar surface area (TPSA) is 86.7 Å². The van der Waals surface area contributed by atoms with Crippen molar-refractivity contribution in [2.24, 2.45) is 4.99 Å². The van der Waals surface area contributed by atoms with Crippen molar-refractivity contribution in [1.29, 1.82) is 0 Å². The van der Waals surface area contributed by atoms with E-state index in [0.717, 1.165) is 44.6 Å². The summed E-state index contributed by atoms with van der Waals surface area (Å²) in [5.41, 5.74) is 6.01. The highest BCUT2D eigenvalue weighted by Gasteiger charge is 2.33. The third-order valence-electron chi connectivity index (χ3n) is 7.54. The van der Waals surface area contributed by atoms with E-state index in [0.29, 0.717) is 19.6 Å². The Bertz CT molecular complexity index is 2120. The first-order valence-electron chi connectivity index (χ1n) is 13.4. The second-order valence-electron chi connectivity index (χ2n) is 10.1. The van der Waals surface area contributed by atoms with Crippen LogP contribution in [0.15, 0.2) is 102 Å². The van der Waals surface area contributed by atoms with Crippen LogP contribution < -0.4 is 19.6 Å². The van der Waals surface area contributed by atoms with Crippen molar-refractivity contribution >= 4 is 72.0 Å². The van der Waals surface area contributed by atoms with Gasteiger partial charge >= 0.3 is 0 Å². The Morgan fingerprint density at radius 1 is 1.07 bits per heavy atom. The molecule has 0 spiro atoms. The van der Waals surface area contributed by atoms with Crippen LogP contribution in [0.4, 0.5) is 5.69 Å². The van der Waals surface area contributed by atoms with Gasteiger partial charge < -0.3 is 4.74 Å². The van der Waals surface area contributed by atoms with Crippen LogP contribution in [0.5, 0.6) is 5.75 Å². The van der Waals surface area contributed by atoms with Gasteiger partial charge in [0.15, 0.2) is 4.80 Å². The van der Waals surface area contributed by atoms with Gasteiger partial charge in [0.25, 0.3) is 11.2 Å². The smallest absolute Gasteiger partial charge is 0.271 e. The van der Waals surface area contributed by atoms with Crippen molar-refractivity contribution in [2.75, 3.05) is 0 Å². The van der Waals surface area contributed by atoms with Gasteiger partial charge in [-0.2, -0.15) is 0 Å². The lowest BCUT2D eigenvalue weighted by Gasteiger charge is -2.30. The van der Waals surface area contributed by atoms with Gasteiger partial charge in [0.2, 0.25) is 0 Å². The summed E-state index contributed by atoms with van der Waals surface area (Å²) < 4.78 is 10.2. The van der Waals surface area contributed by atoms with Crippen molar-refractivity contribution < 1.29 is 9.66 Å². The summed E-state index contributed by atoms with van der Waals surface area (Å²) in [4.78, 5) is 31.6. The number of nitro groups is 1. The van der Waals surface area contributed by atoms with Crippen LogP contribution in [0.25, 0.3) is 11.8 Å². The molecule has 1 atom stereocenters. The van der Waals surface area contributed by atoms with E-state index in [1.54, 1.807) is 23.5 Å². The predicted molar refractivity (Wildman–Crippen MR) is 176 cm³/mol. The van der Waals surface area contributed by atoms with Crippen molar-refractivity contribution in [3.8, 4) is 5.75 Å². The lowest BCUT2D eigenvalue weighted by Crippen LogP contribution is -2.38. The number of rotatable bonds is 6. The van der Waals surface area contributed by atoms with Gasteiger partial charge in [-0.15, -0.1) is 11.3 Å². The van der Waals surface area contributed by atoms with Gasteiger partial charge in [-0.1, -0.05) is 57.6 Å². The molecule has 7 nitrogen and oxygen atoms in total.